The average molecular weight is 86.1 g/mol. The highest BCUT2D eigenvalue weighted by Crippen LogP contribution is 2.22. The fourth-order valence-corrected chi connectivity index (χ4v) is 0.305. The predicted molar refractivity (Wildman–Crippen MR) is 20.8 cm³/mol. The van der Waals surface area contributed by atoms with Gasteiger partial charge in [-0.15, -0.1) is 0 Å². The Kier molecular flexibility index (Phi) is 0.601. The molecule has 0 spiro atoms. The highest BCUT2D eigenvalue weighted by molar-refractivity contribution is 5.06. The molecule has 2 nitrogen and oxygen atoms in total. The summed E-state index contributed by atoms with van der Waals surface area (Å²) in [5, 5.41) is 8.34. The van der Waals surface area contributed by atoms with Crippen LogP contribution in [-0.2, 0) is 4.74 Å². The van der Waals surface area contributed by atoms with Crippen molar-refractivity contribution in [2.45, 2.75) is 13.2 Å². The van der Waals surface area contributed by atoms with Crippen LogP contribution >= 0.6 is 0 Å². The number of aliphatic hydroxyl groups is 1. The molecule has 0 aromatic carbocycles. The third-order valence-electron chi connectivity index (χ3n) is 0.718. The smallest absolute Gasteiger partial charge is 0.255 e. The second-order valence-corrected chi connectivity index (χ2v) is 1.16. The molecule has 1 unspecified atom stereocenters. The van der Waals surface area contributed by atoms with Crippen LogP contribution in [0.25, 0.3) is 0 Å². The van der Waals surface area contributed by atoms with E-state index < -0.39 is 6.29 Å². The van der Waals surface area contributed by atoms with Gasteiger partial charge in [0, 0.05) is 0 Å². The molecule has 1 atom stereocenters. The summed E-state index contributed by atoms with van der Waals surface area (Å²) in [5.41, 5.74) is 0. The molecule has 1 heterocycles. The van der Waals surface area contributed by atoms with Gasteiger partial charge >= 0.3 is 0 Å². The normalized spacial score (nSPS) is 36.3. The van der Waals surface area contributed by atoms with Gasteiger partial charge in [0.25, 0.3) is 6.29 Å². The van der Waals surface area contributed by atoms with Crippen molar-refractivity contribution in [3.63, 3.8) is 0 Å². The van der Waals surface area contributed by atoms with Crippen LogP contribution in [0.5, 0.6) is 0 Å². The Bertz CT molecular complexity index is 85.5. The lowest BCUT2D eigenvalue weighted by atomic mass is 10.6. The van der Waals surface area contributed by atoms with E-state index in [1.54, 1.807) is 6.08 Å². The summed E-state index contributed by atoms with van der Waals surface area (Å²) in [6.07, 6.45) is 1.17. The minimum atomic E-state index is -0.574. The molecule has 0 aromatic rings. The molecular weight excluding hydrogens is 80.0 g/mol. The fourth-order valence-electron chi connectivity index (χ4n) is 0.305. The van der Waals surface area contributed by atoms with Gasteiger partial charge in [0.2, 0.25) is 0 Å². The molecular formula is C4H6O2. The first-order chi connectivity index (χ1) is 2.84. The van der Waals surface area contributed by atoms with Gasteiger partial charge in [0.1, 0.15) is 0 Å². The maximum atomic E-state index is 8.34. The maximum Gasteiger partial charge on any atom is 0.255 e. The van der Waals surface area contributed by atoms with Crippen LogP contribution in [0.2, 0.25) is 0 Å². The standard InChI is InChI=1S/C4H6O2/c1-2-3-4(5)6-3/h2,4-5H,1H3. The highest BCUT2D eigenvalue weighted by atomic mass is 16.7. The third kappa shape index (κ3) is 0.389. The van der Waals surface area contributed by atoms with E-state index in [0.29, 0.717) is 5.76 Å². The summed E-state index contributed by atoms with van der Waals surface area (Å²) in [4.78, 5) is 0. The molecule has 6 heavy (non-hydrogen) atoms. The van der Waals surface area contributed by atoms with Crippen LogP contribution in [0.4, 0.5) is 0 Å². The van der Waals surface area contributed by atoms with Crippen molar-refractivity contribution in [2.24, 2.45) is 0 Å². The molecule has 0 bridgehead atoms. The quantitative estimate of drug-likeness (QED) is 0.428. The van der Waals surface area contributed by atoms with E-state index in [1.165, 1.54) is 0 Å². The lowest BCUT2D eigenvalue weighted by molar-refractivity contribution is 0.156. The molecule has 1 aliphatic rings. The second-order valence-electron chi connectivity index (χ2n) is 1.16. The number of allylic oxidation sites excluding steroid dienone is 1. The number of rotatable bonds is 0. The first kappa shape index (κ1) is 3.68. The molecule has 34 valence electrons. The van der Waals surface area contributed by atoms with E-state index in [2.05, 4.69) is 4.74 Å². The zero-order valence-corrected chi connectivity index (χ0v) is 3.51. The monoisotopic (exact) mass is 86.0 g/mol. The summed E-state index contributed by atoms with van der Waals surface area (Å²) < 4.78 is 4.48. The topological polar surface area (TPSA) is 32.8 Å². The number of hydrogen-bond acceptors (Lipinski definition) is 2. The van der Waals surface area contributed by atoms with Crippen LogP contribution in [-0.4, -0.2) is 11.4 Å². The molecule has 0 aliphatic carbocycles. The lowest BCUT2D eigenvalue weighted by Gasteiger charge is -1.54. The Hall–Kier alpha value is -0.500. The van der Waals surface area contributed by atoms with Gasteiger partial charge in [-0.25, -0.2) is 0 Å². The van der Waals surface area contributed by atoms with Crippen molar-refractivity contribution in [3.05, 3.63) is 11.8 Å². The Morgan fingerprint density at radius 2 is 2.50 bits per heavy atom. The van der Waals surface area contributed by atoms with Crippen molar-refractivity contribution in [3.8, 4) is 0 Å². The molecule has 1 saturated heterocycles. The van der Waals surface area contributed by atoms with Crippen LogP contribution < -0.4 is 0 Å². The summed E-state index contributed by atoms with van der Waals surface area (Å²) in [6, 6.07) is 0. The van der Waals surface area contributed by atoms with Gasteiger partial charge in [-0.2, -0.15) is 0 Å². The summed E-state index contributed by atoms with van der Waals surface area (Å²) in [5.74, 6) is 0.690. The van der Waals surface area contributed by atoms with Crippen LogP contribution in [0.1, 0.15) is 6.92 Å². The first-order valence-corrected chi connectivity index (χ1v) is 1.85. The lowest BCUT2D eigenvalue weighted by Crippen LogP contribution is -1.70. The minimum Gasteiger partial charge on any atom is -0.456 e. The first-order valence-electron chi connectivity index (χ1n) is 1.85. The predicted octanol–water partition coefficient (Wildman–Crippen LogP) is 0.239. The van der Waals surface area contributed by atoms with E-state index in [0.717, 1.165) is 0 Å². The second kappa shape index (κ2) is 0.980. The molecule has 1 N–H and O–H groups in total. The largest absolute Gasteiger partial charge is 0.456 e. The number of ether oxygens (including phenoxy) is 1. The van der Waals surface area contributed by atoms with Crippen molar-refractivity contribution in [2.75, 3.05) is 0 Å². The Morgan fingerprint density at radius 3 is 2.50 bits per heavy atom. The van der Waals surface area contributed by atoms with Crippen molar-refractivity contribution < 1.29 is 9.84 Å². The molecule has 1 fully saturated rings. The highest BCUT2D eigenvalue weighted by Gasteiger charge is 2.27. The molecule has 0 saturated carbocycles. The van der Waals surface area contributed by atoms with E-state index in [1.807, 2.05) is 6.92 Å². The summed E-state index contributed by atoms with van der Waals surface area (Å²) in [6.45, 7) is 1.82. The minimum absolute atomic E-state index is 0.574. The Balaban J connectivity index is 2.44. The Morgan fingerprint density at radius 1 is 2.00 bits per heavy atom. The van der Waals surface area contributed by atoms with Gasteiger partial charge < -0.3 is 9.84 Å². The van der Waals surface area contributed by atoms with E-state index in [4.69, 9.17) is 5.11 Å². The zero-order chi connectivity index (χ0) is 4.57. The van der Waals surface area contributed by atoms with Crippen molar-refractivity contribution in [1.29, 1.82) is 0 Å². The van der Waals surface area contributed by atoms with Crippen LogP contribution in [0, 0.1) is 0 Å². The fraction of sp³-hybridized carbons (Fsp3) is 0.500. The van der Waals surface area contributed by atoms with E-state index in [-0.39, 0.29) is 0 Å². The van der Waals surface area contributed by atoms with Gasteiger partial charge in [-0.1, -0.05) is 0 Å². The van der Waals surface area contributed by atoms with Gasteiger partial charge in [0.05, 0.1) is 0 Å². The third-order valence-corrected chi connectivity index (χ3v) is 0.718. The summed E-state index contributed by atoms with van der Waals surface area (Å²) >= 11 is 0. The van der Waals surface area contributed by atoms with E-state index >= 15 is 0 Å². The maximum absolute atomic E-state index is 8.34. The SMILES string of the molecule is CC=C1OC1O. The molecule has 0 radical (unpaired) electrons. The van der Waals surface area contributed by atoms with Crippen LogP contribution in [0.3, 0.4) is 0 Å². The number of aliphatic hydroxyl groups excluding tert-OH is 1. The average Bonchev–Trinajstić information content (AvgIpc) is 2.19. The van der Waals surface area contributed by atoms with Crippen molar-refractivity contribution in [1.82, 2.24) is 0 Å². The van der Waals surface area contributed by atoms with Gasteiger partial charge in [-0.3, -0.25) is 0 Å². The van der Waals surface area contributed by atoms with E-state index in [9.17, 15) is 0 Å². The van der Waals surface area contributed by atoms with Gasteiger partial charge in [-0.05, 0) is 13.0 Å². The zero-order valence-electron chi connectivity index (χ0n) is 3.51. The number of hydrogen-bond donors (Lipinski definition) is 1. The van der Waals surface area contributed by atoms with Gasteiger partial charge in [0.15, 0.2) is 5.76 Å². The Labute approximate surface area is 36.0 Å². The molecule has 0 amide bonds. The molecule has 1 rings (SSSR count). The van der Waals surface area contributed by atoms with Crippen molar-refractivity contribution >= 4 is 0 Å². The molecule has 2 heteroatoms. The molecule has 1 aliphatic heterocycles. The summed E-state index contributed by atoms with van der Waals surface area (Å²) in [7, 11) is 0. The number of epoxide rings is 1. The molecule has 0 aromatic heterocycles. The van der Waals surface area contributed by atoms with Crippen LogP contribution in [0.15, 0.2) is 11.8 Å².